The van der Waals surface area contributed by atoms with Gasteiger partial charge in [-0.25, -0.2) is 4.98 Å². The van der Waals surface area contributed by atoms with Crippen molar-refractivity contribution in [3.63, 3.8) is 0 Å². The second-order valence-electron chi connectivity index (χ2n) is 8.08. The minimum absolute atomic E-state index is 0.124. The minimum Gasteiger partial charge on any atom is -0.493 e. The van der Waals surface area contributed by atoms with E-state index in [1.807, 2.05) is 19.9 Å². The number of carbonyl (C=O) groups is 1. The number of carbonyl (C=O) groups excluding carboxylic acids is 1. The number of fused-ring (bicyclic) bond motifs is 1. The van der Waals surface area contributed by atoms with Crippen LogP contribution in [0.1, 0.15) is 60.6 Å². The summed E-state index contributed by atoms with van der Waals surface area (Å²) in [6, 6.07) is 6.21. The van der Waals surface area contributed by atoms with Crippen molar-refractivity contribution in [2.75, 3.05) is 13.7 Å². The fourth-order valence-electron chi connectivity index (χ4n) is 4.41. The highest BCUT2D eigenvalue weighted by molar-refractivity contribution is 5.73. The predicted molar refractivity (Wildman–Crippen MR) is 115 cm³/mol. The number of rotatable bonds is 7. The molecule has 0 unspecified atom stereocenters. The van der Waals surface area contributed by atoms with Gasteiger partial charge in [0, 0.05) is 12.0 Å². The molecule has 1 heterocycles. The normalized spacial score (nSPS) is 18.6. The zero-order valence-corrected chi connectivity index (χ0v) is 17.9. The average molecular weight is 408 g/mol. The van der Waals surface area contributed by atoms with Crippen LogP contribution < -0.4 is 4.74 Å². The zero-order chi connectivity index (χ0) is 21.1. The molecule has 2 atom stereocenters. The van der Waals surface area contributed by atoms with Gasteiger partial charge < -0.3 is 13.9 Å². The van der Waals surface area contributed by atoms with Gasteiger partial charge >= 0.3 is 5.97 Å². The Balaban J connectivity index is 1.37. The van der Waals surface area contributed by atoms with Crippen LogP contribution >= 0.6 is 0 Å². The lowest BCUT2D eigenvalue weighted by Crippen LogP contribution is -2.19. The van der Waals surface area contributed by atoms with E-state index in [1.165, 1.54) is 18.2 Å². The van der Waals surface area contributed by atoms with Gasteiger partial charge in [-0.3, -0.25) is 4.79 Å². The summed E-state index contributed by atoms with van der Waals surface area (Å²) >= 11 is 0. The number of methoxy groups -OCH3 is 1. The number of oxazole rings is 1. The van der Waals surface area contributed by atoms with Gasteiger partial charge in [0.05, 0.1) is 25.3 Å². The van der Waals surface area contributed by atoms with Crippen molar-refractivity contribution in [3.8, 4) is 5.75 Å². The van der Waals surface area contributed by atoms with E-state index in [2.05, 4.69) is 35.3 Å². The molecular formula is C25H29NO4. The van der Waals surface area contributed by atoms with Gasteiger partial charge in [0.2, 0.25) is 5.89 Å². The third-order valence-electron chi connectivity index (χ3n) is 6.16. The molecule has 4 rings (SSSR count). The summed E-state index contributed by atoms with van der Waals surface area (Å²) in [6.45, 7) is 4.45. The number of nitrogens with zero attached hydrogens (tertiary/aromatic N) is 1. The summed E-state index contributed by atoms with van der Waals surface area (Å²) in [6.07, 6.45) is 11.1. The molecule has 30 heavy (non-hydrogen) atoms. The molecule has 0 bridgehead atoms. The lowest BCUT2D eigenvalue weighted by molar-refractivity contribution is -0.145. The van der Waals surface area contributed by atoms with Crippen molar-refractivity contribution in [2.24, 2.45) is 5.92 Å². The molecule has 158 valence electrons. The van der Waals surface area contributed by atoms with E-state index in [9.17, 15) is 4.79 Å². The first-order chi connectivity index (χ1) is 14.6. The molecule has 0 aliphatic heterocycles. The molecule has 0 radical (unpaired) electrons. The Labute approximate surface area is 177 Å². The molecule has 0 fully saturated rings. The topological polar surface area (TPSA) is 61.6 Å². The number of allylic oxidation sites excluding steroid dienone is 4. The number of aryl methyl sites for hydroxylation is 2. The van der Waals surface area contributed by atoms with Gasteiger partial charge in [-0.15, -0.1) is 0 Å². The van der Waals surface area contributed by atoms with Crippen molar-refractivity contribution in [1.29, 1.82) is 0 Å². The van der Waals surface area contributed by atoms with Crippen LogP contribution in [-0.2, 0) is 22.4 Å². The molecule has 5 heteroatoms. The second-order valence-corrected chi connectivity index (χ2v) is 8.08. The van der Waals surface area contributed by atoms with E-state index in [0.29, 0.717) is 18.9 Å². The molecule has 1 aromatic carbocycles. The van der Waals surface area contributed by atoms with Crippen LogP contribution in [0.15, 0.2) is 40.8 Å². The first kappa shape index (κ1) is 20.5. The highest BCUT2D eigenvalue weighted by Crippen LogP contribution is 2.40. The van der Waals surface area contributed by atoms with Crippen molar-refractivity contribution in [2.45, 2.75) is 51.9 Å². The highest BCUT2D eigenvalue weighted by Gasteiger charge is 2.32. The first-order valence-corrected chi connectivity index (χ1v) is 10.7. The van der Waals surface area contributed by atoms with E-state index >= 15 is 0 Å². The van der Waals surface area contributed by atoms with Crippen LogP contribution in [0.5, 0.6) is 5.75 Å². The van der Waals surface area contributed by atoms with Crippen LogP contribution in [0.2, 0.25) is 0 Å². The standard InChI is InChI=1S/C25H29NO4/c1-16(25(27)28-3)21-11-9-19-15-20(10-12-22(19)21)29-14-13-23-17(2)30-24(26-23)18-7-5-4-6-8-18/h5,7-8,10,12,15-16,21H,4,6,9,11,13-14H2,1-3H3/t16-,21-/m0/s1. The van der Waals surface area contributed by atoms with Crippen LogP contribution in [0.3, 0.4) is 0 Å². The maximum atomic E-state index is 11.9. The van der Waals surface area contributed by atoms with Crippen molar-refractivity contribution in [3.05, 3.63) is 64.9 Å². The third-order valence-corrected chi connectivity index (χ3v) is 6.16. The van der Waals surface area contributed by atoms with Gasteiger partial charge in [-0.1, -0.05) is 31.2 Å². The molecule has 0 saturated carbocycles. The Morgan fingerprint density at radius 1 is 1.33 bits per heavy atom. The summed E-state index contributed by atoms with van der Waals surface area (Å²) in [5.41, 5.74) is 4.51. The largest absolute Gasteiger partial charge is 0.493 e. The molecule has 1 aromatic heterocycles. The maximum Gasteiger partial charge on any atom is 0.308 e. The lowest BCUT2D eigenvalue weighted by Gasteiger charge is -2.18. The van der Waals surface area contributed by atoms with Crippen LogP contribution in [0.25, 0.3) is 5.57 Å². The average Bonchev–Trinajstić information content (AvgIpc) is 3.36. The molecule has 0 spiro atoms. The van der Waals surface area contributed by atoms with Gasteiger partial charge in [0.15, 0.2) is 0 Å². The van der Waals surface area contributed by atoms with E-state index in [0.717, 1.165) is 48.5 Å². The number of ether oxygens (including phenoxy) is 2. The third kappa shape index (κ3) is 4.20. The summed E-state index contributed by atoms with van der Waals surface area (Å²) in [5.74, 6) is 2.36. The molecular weight excluding hydrogens is 378 g/mol. The number of hydrogen-bond donors (Lipinski definition) is 0. The summed E-state index contributed by atoms with van der Waals surface area (Å²) in [4.78, 5) is 16.6. The van der Waals surface area contributed by atoms with Crippen molar-refractivity contribution < 1.29 is 18.7 Å². The Kier molecular flexibility index (Phi) is 6.07. The molecule has 2 aliphatic carbocycles. The Morgan fingerprint density at radius 3 is 2.97 bits per heavy atom. The predicted octanol–water partition coefficient (Wildman–Crippen LogP) is 5.18. The van der Waals surface area contributed by atoms with Gasteiger partial charge in [0.1, 0.15) is 11.5 Å². The Morgan fingerprint density at radius 2 is 2.20 bits per heavy atom. The summed E-state index contributed by atoms with van der Waals surface area (Å²) < 4.78 is 16.8. The van der Waals surface area contributed by atoms with E-state index in [-0.39, 0.29) is 17.8 Å². The molecule has 2 aliphatic rings. The molecule has 5 nitrogen and oxygen atoms in total. The van der Waals surface area contributed by atoms with Crippen molar-refractivity contribution in [1.82, 2.24) is 4.98 Å². The number of esters is 1. The monoisotopic (exact) mass is 407 g/mol. The van der Waals surface area contributed by atoms with Crippen LogP contribution in [-0.4, -0.2) is 24.7 Å². The van der Waals surface area contributed by atoms with Gasteiger partial charge in [0.25, 0.3) is 0 Å². The van der Waals surface area contributed by atoms with Gasteiger partial charge in [-0.2, -0.15) is 0 Å². The number of benzene rings is 1. The quantitative estimate of drug-likeness (QED) is 0.592. The molecule has 2 aromatic rings. The SMILES string of the molecule is COC(=O)[C@@H](C)[C@@H]1CCc2cc(OCCc3nc(C4=CCCC=C4)oc3C)ccc21. The summed E-state index contributed by atoms with van der Waals surface area (Å²) in [5, 5.41) is 0. The van der Waals surface area contributed by atoms with Crippen LogP contribution in [0.4, 0.5) is 0 Å². The van der Waals surface area contributed by atoms with Crippen molar-refractivity contribution >= 4 is 11.5 Å². The van der Waals surface area contributed by atoms with E-state index in [1.54, 1.807) is 0 Å². The first-order valence-electron chi connectivity index (χ1n) is 10.7. The summed E-state index contributed by atoms with van der Waals surface area (Å²) in [7, 11) is 1.45. The van der Waals surface area contributed by atoms with Gasteiger partial charge in [-0.05, 0) is 61.8 Å². The molecule has 0 N–H and O–H groups in total. The second kappa shape index (κ2) is 8.90. The zero-order valence-electron chi connectivity index (χ0n) is 17.9. The molecule has 0 amide bonds. The maximum absolute atomic E-state index is 11.9. The van der Waals surface area contributed by atoms with Crippen LogP contribution in [0, 0.1) is 12.8 Å². The Hall–Kier alpha value is -2.82. The lowest BCUT2D eigenvalue weighted by atomic mass is 9.89. The number of aromatic nitrogens is 1. The highest BCUT2D eigenvalue weighted by atomic mass is 16.5. The minimum atomic E-state index is -0.144. The van der Waals surface area contributed by atoms with E-state index < -0.39 is 0 Å². The number of hydrogen-bond acceptors (Lipinski definition) is 5. The molecule has 0 saturated heterocycles. The van der Waals surface area contributed by atoms with E-state index in [4.69, 9.17) is 13.9 Å². The smallest absolute Gasteiger partial charge is 0.308 e. The fraction of sp³-hybridized carbons (Fsp3) is 0.440. The Bertz CT molecular complexity index is 985. The fourth-order valence-corrected chi connectivity index (χ4v) is 4.41.